The van der Waals surface area contributed by atoms with E-state index in [4.69, 9.17) is 0 Å². The summed E-state index contributed by atoms with van der Waals surface area (Å²) in [6, 6.07) is 17.9. The highest BCUT2D eigenvalue weighted by Gasteiger charge is 2.11. The van der Waals surface area contributed by atoms with Crippen molar-refractivity contribution >= 4 is 42.6 Å². The van der Waals surface area contributed by atoms with Gasteiger partial charge >= 0.3 is 6.03 Å². The Morgan fingerprint density at radius 3 is 2.65 bits per heavy atom. The number of hydrogen-bond acceptors (Lipinski definition) is 6. The van der Waals surface area contributed by atoms with E-state index in [0.29, 0.717) is 18.1 Å². The molecule has 31 heavy (non-hydrogen) atoms. The number of benzene rings is 2. The number of fused-ring (bicyclic) bond motifs is 1. The molecular weight excluding hydrogens is 432 g/mol. The van der Waals surface area contributed by atoms with Crippen LogP contribution in [-0.2, 0) is 16.3 Å². The largest absolute Gasteiger partial charge is 0.337 e. The number of anilines is 1. The molecule has 0 saturated carbocycles. The van der Waals surface area contributed by atoms with Gasteiger partial charge in [0.15, 0.2) is 15.0 Å². The van der Waals surface area contributed by atoms with E-state index in [1.807, 2.05) is 42.5 Å². The number of thiazole rings is 1. The Hall–Kier alpha value is -3.30. The quantitative estimate of drug-likeness (QED) is 0.458. The van der Waals surface area contributed by atoms with E-state index >= 15 is 0 Å². The van der Waals surface area contributed by atoms with Crippen LogP contribution >= 0.6 is 11.3 Å². The average Bonchev–Trinajstić information content (AvgIpc) is 3.15. The zero-order chi connectivity index (χ0) is 21.8. The molecule has 0 fully saturated rings. The van der Waals surface area contributed by atoms with E-state index in [1.165, 1.54) is 17.6 Å². The van der Waals surface area contributed by atoms with Crippen molar-refractivity contribution in [3.8, 4) is 11.1 Å². The molecule has 9 heteroatoms. The van der Waals surface area contributed by atoms with Crippen molar-refractivity contribution in [3.05, 3.63) is 72.6 Å². The van der Waals surface area contributed by atoms with Gasteiger partial charge in [-0.05, 0) is 47.5 Å². The Morgan fingerprint density at radius 2 is 1.87 bits per heavy atom. The third kappa shape index (κ3) is 5.25. The Morgan fingerprint density at radius 1 is 1.03 bits per heavy atom. The van der Waals surface area contributed by atoms with Gasteiger partial charge in [0.2, 0.25) is 0 Å². The van der Waals surface area contributed by atoms with Gasteiger partial charge in [-0.1, -0.05) is 35.6 Å². The van der Waals surface area contributed by atoms with E-state index < -0.39 is 9.84 Å². The highest BCUT2D eigenvalue weighted by Crippen LogP contribution is 2.31. The van der Waals surface area contributed by atoms with Gasteiger partial charge in [-0.25, -0.2) is 18.2 Å². The number of nitrogens with one attached hydrogen (secondary N) is 2. The monoisotopic (exact) mass is 452 g/mol. The first-order valence-electron chi connectivity index (χ1n) is 9.54. The first-order chi connectivity index (χ1) is 14.9. The lowest BCUT2D eigenvalue weighted by molar-refractivity contribution is 0.252. The molecule has 0 atom stereocenters. The normalized spacial score (nSPS) is 11.4. The molecule has 0 aliphatic heterocycles. The second-order valence-electron chi connectivity index (χ2n) is 6.95. The molecular formula is C22H20N4O3S2. The third-order valence-electron chi connectivity index (χ3n) is 4.60. The lowest BCUT2D eigenvalue weighted by Gasteiger charge is -2.04. The smallest absolute Gasteiger partial charge is 0.321 e. The number of urea groups is 1. The molecule has 2 N–H and O–H groups in total. The van der Waals surface area contributed by atoms with Gasteiger partial charge < -0.3 is 5.32 Å². The number of carbonyl (C=O) groups is 1. The van der Waals surface area contributed by atoms with Gasteiger partial charge in [-0.3, -0.25) is 10.3 Å². The molecule has 0 aliphatic carbocycles. The predicted molar refractivity (Wildman–Crippen MR) is 123 cm³/mol. The van der Waals surface area contributed by atoms with Crippen molar-refractivity contribution in [1.29, 1.82) is 0 Å². The summed E-state index contributed by atoms with van der Waals surface area (Å²) in [7, 11) is -3.28. The lowest BCUT2D eigenvalue weighted by atomic mass is 10.1. The van der Waals surface area contributed by atoms with Crippen LogP contribution in [0.3, 0.4) is 0 Å². The number of pyridine rings is 1. The van der Waals surface area contributed by atoms with Crippen LogP contribution in [0.4, 0.5) is 9.93 Å². The number of aromatic nitrogens is 2. The molecule has 4 aromatic rings. The number of amides is 2. The second-order valence-corrected chi connectivity index (χ2v) is 10.00. The summed E-state index contributed by atoms with van der Waals surface area (Å²) < 4.78 is 24.6. The molecule has 7 nitrogen and oxygen atoms in total. The van der Waals surface area contributed by atoms with Crippen molar-refractivity contribution in [2.75, 3.05) is 18.1 Å². The van der Waals surface area contributed by atoms with Crippen LogP contribution in [-0.4, -0.2) is 37.2 Å². The summed E-state index contributed by atoms with van der Waals surface area (Å²) in [5.74, 6) is 0. The van der Waals surface area contributed by atoms with E-state index in [2.05, 4.69) is 20.6 Å². The fourth-order valence-electron chi connectivity index (χ4n) is 3.06. The molecule has 2 aromatic heterocycles. The Kier molecular flexibility index (Phi) is 5.97. The van der Waals surface area contributed by atoms with Crippen LogP contribution in [0.25, 0.3) is 21.3 Å². The predicted octanol–water partition coefficient (Wildman–Crippen LogP) is 4.13. The van der Waals surface area contributed by atoms with Crippen LogP contribution in [0.15, 0.2) is 71.8 Å². The van der Waals surface area contributed by atoms with Gasteiger partial charge in [-0.15, -0.1) is 0 Å². The summed E-state index contributed by atoms with van der Waals surface area (Å²) in [5.41, 5.74) is 3.36. The molecule has 2 heterocycles. The van der Waals surface area contributed by atoms with E-state index in [1.54, 1.807) is 24.4 Å². The van der Waals surface area contributed by atoms with Crippen molar-refractivity contribution in [2.45, 2.75) is 11.3 Å². The van der Waals surface area contributed by atoms with Crippen molar-refractivity contribution in [2.24, 2.45) is 0 Å². The van der Waals surface area contributed by atoms with Crippen molar-refractivity contribution < 1.29 is 13.2 Å². The van der Waals surface area contributed by atoms with E-state index in [9.17, 15) is 13.2 Å². The van der Waals surface area contributed by atoms with Crippen molar-refractivity contribution in [1.82, 2.24) is 15.3 Å². The second kappa shape index (κ2) is 8.83. The van der Waals surface area contributed by atoms with Crippen LogP contribution in [0, 0.1) is 0 Å². The molecule has 2 aromatic carbocycles. The average molecular weight is 453 g/mol. The van der Waals surface area contributed by atoms with Crippen LogP contribution in [0.2, 0.25) is 0 Å². The number of rotatable bonds is 6. The van der Waals surface area contributed by atoms with Gasteiger partial charge in [0.25, 0.3) is 0 Å². The highest BCUT2D eigenvalue weighted by molar-refractivity contribution is 7.90. The zero-order valence-corrected chi connectivity index (χ0v) is 18.3. The molecule has 158 valence electrons. The molecule has 4 rings (SSSR count). The maximum Gasteiger partial charge on any atom is 0.321 e. The fraction of sp³-hybridized carbons (Fsp3) is 0.136. The topological polar surface area (TPSA) is 101 Å². The first-order valence-corrected chi connectivity index (χ1v) is 12.3. The minimum absolute atomic E-state index is 0.277. The summed E-state index contributed by atoms with van der Waals surface area (Å²) in [6.45, 7) is 0.467. The summed E-state index contributed by atoms with van der Waals surface area (Å²) in [6.07, 6.45) is 3.56. The molecule has 0 bridgehead atoms. The van der Waals surface area contributed by atoms with Crippen LogP contribution < -0.4 is 10.6 Å². The Bertz CT molecular complexity index is 1340. The van der Waals surface area contributed by atoms with Gasteiger partial charge in [0, 0.05) is 31.1 Å². The molecule has 0 radical (unpaired) electrons. The van der Waals surface area contributed by atoms with Gasteiger partial charge in [-0.2, -0.15) is 0 Å². The minimum Gasteiger partial charge on any atom is -0.337 e. The third-order valence-corrected chi connectivity index (χ3v) is 6.64. The molecule has 2 amide bonds. The molecule has 0 saturated heterocycles. The maximum absolute atomic E-state index is 12.2. The first kappa shape index (κ1) is 21.0. The van der Waals surface area contributed by atoms with Crippen LogP contribution in [0.5, 0.6) is 0 Å². The number of sulfone groups is 1. The fourth-order valence-corrected chi connectivity index (χ4v) is 4.62. The standard InChI is InChI=1S/C22H20N4O3S2/c1-31(28,29)18-7-4-5-15(13-18)16-8-9-19-20(14-16)30-22(25-19)26-21(27)24-12-10-17-6-2-3-11-23-17/h2-9,11,13-14H,10,12H2,1H3,(H2,24,25,26,27). The minimum atomic E-state index is -3.28. The van der Waals surface area contributed by atoms with E-state index in [0.717, 1.165) is 27.0 Å². The van der Waals surface area contributed by atoms with Gasteiger partial charge in [0.1, 0.15) is 0 Å². The van der Waals surface area contributed by atoms with Crippen LogP contribution in [0.1, 0.15) is 5.69 Å². The van der Waals surface area contributed by atoms with Gasteiger partial charge in [0.05, 0.1) is 15.1 Å². The lowest BCUT2D eigenvalue weighted by Crippen LogP contribution is -2.30. The van der Waals surface area contributed by atoms with E-state index in [-0.39, 0.29) is 10.9 Å². The Balaban J connectivity index is 1.45. The molecule has 0 unspecified atom stereocenters. The van der Waals surface area contributed by atoms with Crippen molar-refractivity contribution in [3.63, 3.8) is 0 Å². The number of carbonyl (C=O) groups excluding carboxylic acids is 1. The SMILES string of the molecule is CS(=O)(=O)c1cccc(-c2ccc3nc(NC(=O)NCCc4ccccn4)sc3c2)c1. The number of hydrogen-bond donors (Lipinski definition) is 2. The number of nitrogens with zero attached hydrogens (tertiary/aromatic N) is 2. The summed E-state index contributed by atoms with van der Waals surface area (Å²) >= 11 is 1.36. The highest BCUT2D eigenvalue weighted by atomic mass is 32.2. The maximum atomic E-state index is 12.2. The summed E-state index contributed by atoms with van der Waals surface area (Å²) in [5, 5.41) is 6.06. The summed E-state index contributed by atoms with van der Waals surface area (Å²) in [4.78, 5) is 21.1. The zero-order valence-electron chi connectivity index (χ0n) is 16.7. The molecule has 0 aliphatic rings. The Labute approximate surface area is 184 Å². The molecule has 0 spiro atoms.